The zero-order chi connectivity index (χ0) is 21.3. The third kappa shape index (κ3) is 3.65. The fourth-order valence-electron chi connectivity index (χ4n) is 3.26. The SMILES string of the molecule is CN(Cc1ccncc1)C(=O)c1ccc2c(=O)n(-c3ccccc3F)c(=S)[nH]c2c1. The standard InChI is InChI=1S/C22H17FN4O2S/c1-26(13-14-8-10-24-11-9-14)20(28)15-6-7-16-18(12-15)25-22(30)27(21(16)29)19-5-3-2-4-17(19)23/h2-12H,13H2,1H3,(H,25,30). The van der Waals surface area contributed by atoms with Crippen molar-refractivity contribution in [3.05, 3.63) is 99.1 Å². The smallest absolute Gasteiger partial charge is 0.266 e. The van der Waals surface area contributed by atoms with E-state index in [1.54, 1.807) is 48.6 Å². The minimum absolute atomic E-state index is 0.0485. The van der Waals surface area contributed by atoms with Crippen LogP contribution in [0.25, 0.3) is 16.6 Å². The molecule has 0 bridgehead atoms. The van der Waals surface area contributed by atoms with E-state index in [1.807, 2.05) is 12.1 Å². The number of nitrogens with zero attached hydrogens (tertiary/aromatic N) is 3. The molecule has 0 spiro atoms. The van der Waals surface area contributed by atoms with Gasteiger partial charge >= 0.3 is 0 Å². The molecule has 30 heavy (non-hydrogen) atoms. The Morgan fingerprint density at radius 1 is 1.17 bits per heavy atom. The van der Waals surface area contributed by atoms with Crippen molar-refractivity contribution in [3.8, 4) is 5.69 Å². The van der Waals surface area contributed by atoms with Gasteiger partial charge < -0.3 is 9.88 Å². The number of amides is 1. The summed E-state index contributed by atoms with van der Waals surface area (Å²) in [5.74, 6) is -0.755. The van der Waals surface area contributed by atoms with Gasteiger partial charge in [0.25, 0.3) is 11.5 Å². The first-order chi connectivity index (χ1) is 14.5. The zero-order valence-electron chi connectivity index (χ0n) is 16.0. The van der Waals surface area contributed by atoms with Crippen LogP contribution in [0.5, 0.6) is 0 Å². The lowest BCUT2D eigenvalue weighted by Gasteiger charge is -2.17. The lowest BCUT2D eigenvalue weighted by Crippen LogP contribution is -2.26. The maximum atomic E-state index is 14.2. The van der Waals surface area contributed by atoms with Crippen LogP contribution >= 0.6 is 12.2 Å². The molecule has 0 aliphatic carbocycles. The summed E-state index contributed by atoms with van der Waals surface area (Å²) in [4.78, 5) is 34.3. The molecule has 2 aromatic heterocycles. The summed E-state index contributed by atoms with van der Waals surface area (Å²) in [5.41, 5.74) is 1.40. The first-order valence-corrected chi connectivity index (χ1v) is 9.55. The highest BCUT2D eigenvalue weighted by atomic mass is 32.1. The summed E-state index contributed by atoms with van der Waals surface area (Å²) in [5, 5.41) is 0.306. The summed E-state index contributed by atoms with van der Waals surface area (Å²) in [6, 6.07) is 14.3. The van der Waals surface area contributed by atoms with Crippen LogP contribution in [0.1, 0.15) is 15.9 Å². The average Bonchev–Trinajstić information content (AvgIpc) is 2.74. The number of hydrogen-bond acceptors (Lipinski definition) is 4. The predicted octanol–water partition coefficient (Wildman–Crippen LogP) is 3.85. The molecule has 0 aliphatic heterocycles. The van der Waals surface area contributed by atoms with Crippen molar-refractivity contribution in [2.45, 2.75) is 6.54 Å². The first-order valence-electron chi connectivity index (χ1n) is 9.14. The molecule has 0 saturated heterocycles. The topological polar surface area (TPSA) is 71.0 Å². The molecule has 150 valence electrons. The van der Waals surface area contributed by atoms with Gasteiger partial charge in [-0.3, -0.25) is 14.6 Å². The lowest BCUT2D eigenvalue weighted by molar-refractivity contribution is 0.0785. The van der Waals surface area contributed by atoms with Gasteiger partial charge in [0.05, 0.1) is 16.6 Å². The highest BCUT2D eigenvalue weighted by molar-refractivity contribution is 7.71. The molecule has 2 aromatic carbocycles. The van der Waals surface area contributed by atoms with E-state index in [1.165, 1.54) is 18.2 Å². The van der Waals surface area contributed by atoms with Crippen molar-refractivity contribution < 1.29 is 9.18 Å². The molecule has 2 heterocycles. The Hall–Kier alpha value is -3.65. The minimum Gasteiger partial charge on any atom is -0.337 e. The van der Waals surface area contributed by atoms with Gasteiger partial charge in [-0.15, -0.1) is 0 Å². The van der Waals surface area contributed by atoms with E-state index in [2.05, 4.69) is 9.97 Å². The predicted molar refractivity (Wildman–Crippen MR) is 115 cm³/mol. The van der Waals surface area contributed by atoms with E-state index >= 15 is 0 Å². The van der Waals surface area contributed by atoms with E-state index in [0.29, 0.717) is 23.0 Å². The normalized spacial score (nSPS) is 10.9. The van der Waals surface area contributed by atoms with Gasteiger partial charge in [-0.2, -0.15) is 0 Å². The molecule has 1 amide bonds. The Labute approximate surface area is 176 Å². The number of aromatic nitrogens is 3. The van der Waals surface area contributed by atoms with Gasteiger partial charge in [-0.25, -0.2) is 8.96 Å². The van der Waals surface area contributed by atoms with Crippen molar-refractivity contribution in [3.63, 3.8) is 0 Å². The Kier molecular flexibility index (Phi) is 5.24. The Balaban J connectivity index is 1.73. The maximum absolute atomic E-state index is 14.2. The van der Waals surface area contributed by atoms with Crippen LogP contribution in [0, 0.1) is 10.6 Å². The molecule has 0 fully saturated rings. The monoisotopic (exact) mass is 420 g/mol. The van der Waals surface area contributed by atoms with Crippen LogP contribution in [0.4, 0.5) is 4.39 Å². The van der Waals surface area contributed by atoms with Gasteiger partial charge in [0.15, 0.2) is 4.77 Å². The summed E-state index contributed by atoms with van der Waals surface area (Å²) in [6.45, 7) is 0.421. The summed E-state index contributed by atoms with van der Waals surface area (Å²) in [6.07, 6.45) is 3.34. The van der Waals surface area contributed by atoms with E-state index in [9.17, 15) is 14.0 Å². The van der Waals surface area contributed by atoms with Crippen LogP contribution < -0.4 is 5.56 Å². The third-order valence-corrected chi connectivity index (χ3v) is 5.04. The summed E-state index contributed by atoms with van der Waals surface area (Å²) in [7, 11) is 1.70. The second-order valence-corrected chi connectivity index (χ2v) is 7.19. The number of carbonyl (C=O) groups is 1. The number of pyridine rings is 1. The number of nitrogens with one attached hydrogen (secondary N) is 1. The van der Waals surface area contributed by atoms with Gasteiger partial charge in [0.2, 0.25) is 0 Å². The third-order valence-electron chi connectivity index (χ3n) is 4.75. The van der Waals surface area contributed by atoms with E-state index in [0.717, 1.165) is 10.1 Å². The van der Waals surface area contributed by atoms with Crippen LogP contribution in [-0.4, -0.2) is 32.4 Å². The molecule has 6 nitrogen and oxygen atoms in total. The van der Waals surface area contributed by atoms with Crippen LogP contribution in [0.15, 0.2) is 71.8 Å². The quantitative estimate of drug-likeness (QED) is 0.509. The number of fused-ring (bicyclic) bond motifs is 1. The zero-order valence-corrected chi connectivity index (χ0v) is 16.8. The molecule has 1 N–H and O–H groups in total. The molecule has 8 heteroatoms. The summed E-state index contributed by atoms with van der Waals surface area (Å²) >= 11 is 5.30. The number of hydrogen-bond donors (Lipinski definition) is 1. The van der Waals surface area contributed by atoms with Crippen molar-refractivity contribution >= 4 is 29.0 Å². The van der Waals surface area contributed by atoms with Crippen molar-refractivity contribution in [2.75, 3.05) is 7.05 Å². The Bertz CT molecular complexity index is 1370. The van der Waals surface area contributed by atoms with E-state index in [-0.39, 0.29) is 16.4 Å². The van der Waals surface area contributed by atoms with Gasteiger partial charge in [0.1, 0.15) is 5.82 Å². The highest BCUT2D eigenvalue weighted by Gasteiger charge is 2.16. The number of H-pyrrole nitrogens is 1. The minimum atomic E-state index is -0.553. The second-order valence-electron chi connectivity index (χ2n) is 6.80. The fourth-order valence-corrected chi connectivity index (χ4v) is 3.55. The Morgan fingerprint density at radius 3 is 2.63 bits per heavy atom. The number of benzene rings is 2. The van der Waals surface area contributed by atoms with Gasteiger partial charge in [-0.1, -0.05) is 12.1 Å². The highest BCUT2D eigenvalue weighted by Crippen LogP contribution is 2.17. The molecule has 0 unspecified atom stereocenters. The fraction of sp³-hybridized carbons (Fsp3) is 0.0909. The molecule has 4 aromatic rings. The number of halogens is 1. The number of rotatable bonds is 4. The first kappa shape index (κ1) is 19.7. The second kappa shape index (κ2) is 8.00. The number of aromatic amines is 1. The van der Waals surface area contributed by atoms with Gasteiger partial charge in [0, 0.05) is 31.5 Å². The van der Waals surface area contributed by atoms with Crippen molar-refractivity contribution in [1.29, 1.82) is 0 Å². The van der Waals surface area contributed by atoms with E-state index < -0.39 is 11.4 Å². The number of carbonyl (C=O) groups excluding carboxylic acids is 1. The lowest BCUT2D eigenvalue weighted by atomic mass is 10.1. The molecular formula is C22H17FN4O2S. The molecule has 4 rings (SSSR count). The van der Waals surface area contributed by atoms with Crippen LogP contribution in [-0.2, 0) is 6.54 Å². The van der Waals surface area contributed by atoms with Gasteiger partial charge in [-0.05, 0) is 60.2 Å². The summed E-state index contributed by atoms with van der Waals surface area (Å²) < 4.78 is 15.4. The largest absolute Gasteiger partial charge is 0.337 e. The van der Waals surface area contributed by atoms with Crippen LogP contribution in [0.3, 0.4) is 0 Å². The van der Waals surface area contributed by atoms with Crippen LogP contribution in [0.2, 0.25) is 0 Å². The molecule has 0 radical (unpaired) electrons. The van der Waals surface area contributed by atoms with E-state index in [4.69, 9.17) is 12.2 Å². The molecule has 0 aliphatic rings. The molecular weight excluding hydrogens is 403 g/mol. The van der Waals surface area contributed by atoms with Crippen molar-refractivity contribution in [1.82, 2.24) is 19.4 Å². The maximum Gasteiger partial charge on any atom is 0.266 e. The van der Waals surface area contributed by atoms with Crippen molar-refractivity contribution in [2.24, 2.45) is 0 Å². The Morgan fingerprint density at radius 2 is 1.90 bits per heavy atom. The molecule has 0 atom stereocenters. The average molecular weight is 420 g/mol. The number of para-hydroxylation sites is 1. The molecule has 0 saturated carbocycles.